The van der Waals surface area contributed by atoms with Gasteiger partial charge in [-0.2, -0.15) is 5.10 Å². The van der Waals surface area contributed by atoms with Gasteiger partial charge in [-0.1, -0.05) is 0 Å². The highest BCUT2D eigenvalue weighted by Crippen LogP contribution is 2.23. The van der Waals surface area contributed by atoms with Crippen LogP contribution in [-0.2, 0) is 10.0 Å². The van der Waals surface area contributed by atoms with Gasteiger partial charge in [-0.25, -0.2) is 18.1 Å². The van der Waals surface area contributed by atoms with Crippen molar-refractivity contribution < 1.29 is 8.42 Å². The smallest absolute Gasteiger partial charge is 0.241 e. The number of nitrogens with one attached hydrogen (secondary N) is 2. The molecule has 4 N–H and O–H groups in total. The van der Waals surface area contributed by atoms with E-state index in [2.05, 4.69) is 19.9 Å². The normalized spacial score (nSPS) is 13.3. The number of hydrogen-bond donors (Lipinski definition) is 3. The highest BCUT2D eigenvalue weighted by molar-refractivity contribution is 7.89. The largest absolute Gasteiger partial charge is 0.399 e. The first kappa shape index (κ1) is 14.5. The van der Waals surface area contributed by atoms with Crippen molar-refractivity contribution in [2.75, 3.05) is 5.73 Å². The van der Waals surface area contributed by atoms with Crippen molar-refractivity contribution >= 4 is 15.7 Å². The number of nitrogens with two attached hydrogens (primary N) is 1. The van der Waals surface area contributed by atoms with E-state index in [9.17, 15) is 8.42 Å². The molecule has 7 nitrogen and oxygen atoms in total. The van der Waals surface area contributed by atoms with Crippen molar-refractivity contribution in [1.29, 1.82) is 0 Å². The Labute approximate surface area is 117 Å². The predicted molar refractivity (Wildman–Crippen MR) is 75.4 cm³/mol. The number of rotatable bonds is 4. The lowest BCUT2D eigenvalue weighted by Gasteiger charge is -2.15. The first-order valence-electron chi connectivity index (χ1n) is 6.05. The number of aromatic nitrogens is 3. The number of nitrogen functional groups attached to an aromatic ring is 1. The molecule has 0 saturated heterocycles. The van der Waals surface area contributed by atoms with E-state index in [4.69, 9.17) is 5.73 Å². The van der Waals surface area contributed by atoms with Gasteiger partial charge in [-0.3, -0.25) is 5.10 Å². The van der Waals surface area contributed by atoms with Gasteiger partial charge in [0.15, 0.2) is 0 Å². The fourth-order valence-corrected chi connectivity index (χ4v) is 3.47. The number of aromatic amines is 1. The van der Waals surface area contributed by atoms with Gasteiger partial charge in [0.25, 0.3) is 0 Å². The third-order valence-corrected chi connectivity index (χ3v) is 4.77. The lowest BCUT2D eigenvalue weighted by atomic mass is 10.1. The summed E-state index contributed by atoms with van der Waals surface area (Å²) >= 11 is 0. The molecule has 0 spiro atoms. The second kappa shape index (κ2) is 5.22. The van der Waals surface area contributed by atoms with E-state index in [1.54, 1.807) is 19.9 Å². The zero-order valence-electron chi connectivity index (χ0n) is 11.5. The van der Waals surface area contributed by atoms with Gasteiger partial charge in [-0.05, 0) is 44.0 Å². The fourth-order valence-electron chi connectivity index (χ4n) is 1.91. The van der Waals surface area contributed by atoms with E-state index in [0.29, 0.717) is 17.1 Å². The topological polar surface area (TPSA) is 114 Å². The van der Waals surface area contributed by atoms with Crippen molar-refractivity contribution in [1.82, 2.24) is 19.9 Å². The molecule has 2 aromatic rings. The standard InChI is InChI=1S/C12H17N5O2S/c1-7-4-10(13)5-11(8(7)2)20(18,19)17-9(3)12-14-6-15-16-12/h4-6,9,17H,13H2,1-3H3,(H,14,15,16). The van der Waals surface area contributed by atoms with Crippen molar-refractivity contribution in [2.45, 2.75) is 31.7 Å². The number of sulfonamides is 1. The minimum Gasteiger partial charge on any atom is -0.399 e. The number of anilines is 1. The van der Waals surface area contributed by atoms with E-state index in [1.807, 2.05) is 6.92 Å². The summed E-state index contributed by atoms with van der Waals surface area (Å²) in [5, 5.41) is 6.34. The maximum absolute atomic E-state index is 12.4. The molecule has 0 fully saturated rings. The highest BCUT2D eigenvalue weighted by Gasteiger charge is 2.22. The van der Waals surface area contributed by atoms with Crippen molar-refractivity contribution in [3.63, 3.8) is 0 Å². The Morgan fingerprint density at radius 2 is 2.05 bits per heavy atom. The first-order valence-corrected chi connectivity index (χ1v) is 7.54. The molecule has 108 valence electrons. The van der Waals surface area contributed by atoms with Gasteiger partial charge in [0.05, 0.1) is 10.9 Å². The molecule has 1 atom stereocenters. The maximum Gasteiger partial charge on any atom is 0.241 e. The summed E-state index contributed by atoms with van der Waals surface area (Å²) in [4.78, 5) is 4.12. The predicted octanol–water partition coefficient (Wildman–Crippen LogP) is 1.04. The van der Waals surface area contributed by atoms with Gasteiger partial charge in [0, 0.05) is 5.69 Å². The molecule has 1 aromatic heterocycles. The summed E-state index contributed by atoms with van der Waals surface area (Å²) in [6.07, 6.45) is 1.33. The lowest BCUT2D eigenvalue weighted by molar-refractivity contribution is 0.559. The van der Waals surface area contributed by atoms with Gasteiger partial charge >= 0.3 is 0 Å². The van der Waals surface area contributed by atoms with Crippen LogP contribution in [0.15, 0.2) is 23.4 Å². The molecule has 20 heavy (non-hydrogen) atoms. The summed E-state index contributed by atoms with van der Waals surface area (Å²) in [6.45, 7) is 5.26. The molecule has 2 rings (SSSR count). The van der Waals surface area contributed by atoms with E-state index >= 15 is 0 Å². The van der Waals surface area contributed by atoms with Crippen LogP contribution in [0.5, 0.6) is 0 Å². The van der Waals surface area contributed by atoms with E-state index in [1.165, 1.54) is 12.4 Å². The molecule has 1 unspecified atom stereocenters. The summed E-state index contributed by atoms with van der Waals surface area (Å²) in [5.74, 6) is 0.451. The van der Waals surface area contributed by atoms with Crippen molar-refractivity contribution in [3.8, 4) is 0 Å². The summed E-state index contributed by atoms with van der Waals surface area (Å²) in [5.41, 5.74) is 7.66. The van der Waals surface area contributed by atoms with Crippen LogP contribution in [0, 0.1) is 13.8 Å². The summed E-state index contributed by atoms with van der Waals surface area (Å²) in [7, 11) is -3.68. The Balaban J connectivity index is 2.36. The van der Waals surface area contributed by atoms with Crippen LogP contribution in [0.2, 0.25) is 0 Å². The molecule has 0 bridgehead atoms. The number of benzene rings is 1. The molecular weight excluding hydrogens is 278 g/mol. The molecule has 0 aliphatic carbocycles. The Hall–Kier alpha value is -1.93. The zero-order valence-corrected chi connectivity index (χ0v) is 12.3. The zero-order chi connectivity index (χ0) is 14.9. The first-order chi connectivity index (χ1) is 9.31. The molecule has 0 amide bonds. The molecule has 0 saturated carbocycles. The molecule has 0 aliphatic heterocycles. The number of hydrogen-bond acceptors (Lipinski definition) is 5. The van der Waals surface area contributed by atoms with E-state index < -0.39 is 16.1 Å². The lowest BCUT2D eigenvalue weighted by Crippen LogP contribution is -2.28. The minimum atomic E-state index is -3.68. The van der Waals surface area contributed by atoms with Crippen LogP contribution < -0.4 is 10.5 Å². The Kier molecular flexibility index (Phi) is 3.78. The van der Waals surface area contributed by atoms with Gasteiger partial charge < -0.3 is 5.73 Å². The van der Waals surface area contributed by atoms with Crippen molar-refractivity contribution in [3.05, 3.63) is 35.4 Å². The number of H-pyrrole nitrogens is 1. The average molecular weight is 295 g/mol. The van der Waals surface area contributed by atoms with Crippen LogP contribution in [0.3, 0.4) is 0 Å². The third-order valence-electron chi connectivity index (χ3n) is 3.11. The van der Waals surface area contributed by atoms with Crippen molar-refractivity contribution in [2.24, 2.45) is 0 Å². The molecule has 0 radical (unpaired) electrons. The Bertz CT molecular complexity index is 710. The fraction of sp³-hybridized carbons (Fsp3) is 0.333. The second-order valence-corrected chi connectivity index (χ2v) is 6.36. The molecule has 1 heterocycles. The van der Waals surface area contributed by atoms with Crippen LogP contribution in [-0.4, -0.2) is 23.6 Å². The van der Waals surface area contributed by atoms with E-state index in [0.717, 1.165) is 5.56 Å². The molecule has 8 heteroatoms. The average Bonchev–Trinajstić information content (AvgIpc) is 2.86. The van der Waals surface area contributed by atoms with Crippen LogP contribution in [0.1, 0.15) is 29.9 Å². The van der Waals surface area contributed by atoms with Gasteiger partial charge in [-0.15, -0.1) is 0 Å². The Morgan fingerprint density at radius 1 is 1.35 bits per heavy atom. The van der Waals surface area contributed by atoms with Gasteiger partial charge in [0.2, 0.25) is 10.0 Å². The highest BCUT2D eigenvalue weighted by atomic mass is 32.2. The molecular formula is C12H17N5O2S. The summed E-state index contributed by atoms with van der Waals surface area (Å²) in [6, 6.07) is 2.69. The Morgan fingerprint density at radius 3 is 2.65 bits per heavy atom. The monoisotopic (exact) mass is 295 g/mol. The van der Waals surface area contributed by atoms with Crippen LogP contribution >= 0.6 is 0 Å². The van der Waals surface area contributed by atoms with Crippen LogP contribution in [0.4, 0.5) is 5.69 Å². The molecule has 0 aliphatic rings. The summed E-state index contributed by atoms with van der Waals surface area (Å²) < 4.78 is 27.4. The number of aryl methyl sites for hydroxylation is 1. The number of nitrogens with zero attached hydrogens (tertiary/aromatic N) is 2. The van der Waals surface area contributed by atoms with Gasteiger partial charge in [0.1, 0.15) is 12.2 Å². The third kappa shape index (κ3) is 2.81. The quantitative estimate of drug-likeness (QED) is 0.729. The SMILES string of the molecule is Cc1cc(N)cc(S(=O)(=O)NC(C)c2ncn[nH]2)c1C. The molecule has 1 aromatic carbocycles. The van der Waals surface area contributed by atoms with E-state index in [-0.39, 0.29) is 4.90 Å². The van der Waals surface area contributed by atoms with Crippen LogP contribution in [0.25, 0.3) is 0 Å². The second-order valence-electron chi connectivity index (χ2n) is 4.67. The maximum atomic E-state index is 12.4. The minimum absolute atomic E-state index is 0.182.